The van der Waals surface area contributed by atoms with Crippen molar-refractivity contribution in [1.82, 2.24) is 20.0 Å². The molecule has 28 heavy (non-hydrogen) atoms. The molecule has 158 valence electrons. The summed E-state index contributed by atoms with van der Waals surface area (Å²) < 4.78 is 0. The van der Waals surface area contributed by atoms with E-state index in [2.05, 4.69) is 5.32 Å². The van der Waals surface area contributed by atoms with E-state index in [1.54, 1.807) is 4.90 Å². The topological polar surface area (TPSA) is 136 Å². The van der Waals surface area contributed by atoms with Crippen molar-refractivity contribution in [3.63, 3.8) is 0 Å². The number of unbranched alkanes of at least 4 members (excludes halogenated alkanes) is 1. The molecule has 4 N–H and O–H groups in total. The molecule has 0 bridgehead atoms. The predicted molar refractivity (Wildman–Crippen MR) is 101 cm³/mol. The van der Waals surface area contributed by atoms with E-state index in [4.69, 9.17) is 10.8 Å². The van der Waals surface area contributed by atoms with Crippen molar-refractivity contribution >= 4 is 23.7 Å². The number of carboxylic acid groups (broad SMARTS) is 1. The number of carboxylic acids is 1. The largest absolute Gasteiger partial charge is 0.481 e. The van der Waals surface area contributed by atoms with Gasteiger partial charge in [-0.1, -0.05) is 0 Å². The predicted octanol–water partition coefficient (Wildman–Crippen LogP) is -1.55. The van der Waals surface area contributed by atoms with E-state index < -0.39 is 18.1 Å². The number of hydrogen-bond acceptors (Lipinski definition) is 6. The zero-order chi connectivity index (χ0) is 20.7. The molecular weight excluding hydrogens is 366 g/mol. The van der Waals surface area contributed by atoms with Gasteiger partial charge in [-0.3, -0.25) is 19.2 Å². The molecule has 2 saturated heterocycles. The number of amides is 3. The van der Waals surface area contributed by atoms with E-state index in [1.807, 2.05) is 0 Å². The lowest BCUT2D eigenvalue weighted by Crippen LogP contribution is -2.64. The van der Waals surface area contributed by atoms with Crippen LogP contribution in [-0.4, -0.2) is 102 Å². The molecule has 2 atom stereocenters. The average molecular weight is 397 g/mol. The highest BCUT2D eigenvalue weighted by Gasteiger charge is 2.43. The summed E-state index contributed by atoms with van der Waals surface area (Å²) in [5.41, 5.74) is 5.57. The van der Waals surface area contributed by atoms with Crippen LogP contribution in [0.1, 0.15) is 32.1 Å². The third-order valence-corrected chi connectivity index (χ3v) is 5.39. The van der Waals surface area contributed by atoms with Gasteiger partial charge in [-0.05, 0) is 32.2 Å². The summed E-state index contributed by atoms with van der Waals surface area (Å²) in [6, 6.07) is -1.58. The van der Waals surface area contributed by atoms with Gasteiger partial charge in [-0.25, -0.2) is 0 Å². The molecule has 2 aliphatic rings. The second-order valence-corrected chi connectivity index (χ2v) is 7.29. The van der Waals surface area contributed by atoms with Gasteiger partial charge < -0.3 is 30.9 Å². The Bertz CT molecular complexity index is 593. The average Bonchev–Trinajstić information content (AvgIpc) is 2.68. The van der Waals surface area contributed by atoms with E-state index in [0.717, 1.165) is 6.42 Å². The summed E-state index contributed by atoms with van der Waals surface area (Å²) in [5, 5.41) is 12.1. The van der Waals surface area contributed by atoms with Crippen LogP contribution in [0.3, 0.4) is 0 Å². The van der Waals surface area contributed by atoms with E-state index >= 15 is 0 Å². The molecule has 0 radical (unpaired) electrons. The van der Waals surface area contributed by atoms with Gasteiger partial charge in [0.25, 0.3) is 0 Å². The number of nitrogens with zero attached hydrogens (tertiary/aromatic N) is 3. The number of aliphatic carboxylic acids is 1. The zero-order valence-corrected chi connectivity index (χ0v) is 16.4. The Kier molecular flexibility index (Phi) is 8.18. The highest BCUT2D eigenvalue weighted by molar-refractivity contribution is 5.98. The zero-order valence-electron chi connectivity index (χ0n) is 16.4. The van der Waals surface area contributed by atoms with E-state index in [9.17, 15) is 19.2 Å². The number of rotatable bonds is 9. The number of piperazine rings is 2. The van der Waals surface area contributed by atoms with Crippen molar-refractivity contribution in [2.24, 2.45) is 5.73 Å². The highest BCUT2D eigenvalue weighted by Crippen LogP contribution is 2.22. The van der Waals surface area contributed by atoms with E-state index in [-0.39, 0.29) is 37.1 Å². The Morgan fingerprint density at radius 2 is 1.93 bits per heavy atom. The van der Waals surface area contributed by atoms with Gasteiger partial charge in [-0.15, -0.1) is 0 Å². The Morgan fingerprint density at radius 3 is 2.54 bits per heavy atom. The number of likely N-dealkylation sites (N-methyl/N-ethyl adjacent to an activating group) is 1. The second kappa shape index (κ2) is 10.4. The van der Waals surface area contributed by atoms with Gasteiger partial charge in [-0.2, -0.15) is 0 Å². The van der Waals surface area contributed by atoms with Crippen LogP contribution in [-0.2, 0) is 19.2 Å². The minimum Gasteiger partial charge on any atom is -0.481 e. The molecule has 0 saturated carbocycles. The Balaban J connectivity index is 2.20. The third-order valence-electron chi connectivity index (χ3n) is 5.39. The first-order valence-corrected chi connectivity index (χ1v) is 9.84. The molecule has 3 amide bonds. The fraction of sp³-hybridized carbons (Fsp3) is 0.778. The fourth-order valence-corrected chi connectivity index (χ4v) is 3.70. The Morgan fingerprint density at radius 1 is 1.25 bits per heavy atom. The van der Waals surface area contributed by atoms with E-state index in [1.165, 1.54) is 16.8 Å². The first-order valence-electron chi connectivity index (χ1n) is 9.84. The van der Waals surface area contributed by atoms with Crippen LogP contribution < -0.4 is 11.1 Å². The minimum atomic E-state index is -1.03. The van der Waals surface area contributed by atoms with Crippen molar-refractivity contribution in [3.05, 3.63) is 0 Å². The van der Waals surface area contributed by atoms with Crippen molar-refractivity contribution in [1.29, 1.82) is 0 Å². The van der Waals surface area contributed by atoms with Gasteiger partial charge in [0.15, 0.2) is 0 Å². The number of hydrogen-bond donors (Lipinski definition) is 3. The Labute approximate surface area is 165 Å². The van der Waals surface area contributed by atoms with E-state index in [0.29, 0.717) is 45.6 Å². The van der Waals surface area contributed by atoms with Gasteiger partial charge in [0.05, 0.1) is 0 Å². The summed E-state index contributed by atoms with van der Waals surface area (Å²) in [6.45, 7) is 2.83. The fourth-order valence-electron chi connectivity index (χ4n) is 3.70. The van der Waals surface area contributed by atoms with Crippen LogP contribution in [0.5, 0.6) is 0 Å². The van der Waals surface area contributed by atoms with Crippen molar-refractivity contribution < 1.29 is 24.3 Å². The monoisotopic (exact) mass is 397 g/mol. The van der Waals surface area contributed by atoms with Crippen molar-refractivity contribution in [2.75, 3.05) is 46.3 Å². The molecule has 2 heterocycles. The summed E-state index contributed by atoms with van der Waals surface area (Å²) in [4.78, 5) is 54.0. The number of nitrogens with two attached hydrogens (primary N) is 1. The lowest BCUT2D eigenvalue weighted by molar-refractivity contribution is -0.161. The van der Waals surface area contributed by atoms with Crippen LogP contribution >= 0.6 is 0 Å². The molecule has 0 aromatic heterocycles. The van der Waals surface area contributed by atoms with Gasteiger partial charge in [0.2, 0.25) is 17.7 Å². The quantitative estimate of drug-likeness (QED) is 0.401. The minimum absolute atomic E-state index is 0.0320. The molecular formula is C18H31N5O5. The molecule has 2 rings (SSSR count). The number of carbonyl (C=O) groups is 4. The second-order valence-electron chi connectivity index (χ2n) is 7.29. The molecule has 2 fully saturated rings. The smallest absolute Gasteiger partial charge is 0.303 e. The van der Waals surface area contributed by atoms with Crippen LogP contribution in [0.4, 0.5) is 0 Å². The first kappa shape index (κ1) is 22.1. The number of carbonyl (C=O) groups excluding carboxylic acids is 3. The molecule has 0 aliphatic carbocycles. The van der Waals surface area contributed by atoms with Crippen LogP contribution in [0, 0.1) is 0 Å². The van der Waals surface area contributed by atoms with Crippen molar-refractivity contribution in [3.8, 4) is 0 Å². The maximum atomic E-state index is 13.2. The first-order chi connectivity index (χ1) is 13.4. The highest BCUT2D eigenvalue weighted by atomic mass is 16.4. The van der Waals surface area contributed by atoms with Gasteiger partial charge in [0, 0.05) is 39.6 Å². The van der Waals surface area contributed by atoms with Crippen LogP contribution in [0.2, 0.25) is 0 Å². The van der Waals surface area contributed by atoms with Gasteiger partial charge in [0.1, 0.15) is 18.6 Å². The molecule has 10 nitrogen and oxygen atoms in total. The van der Waals surface area contributed by atoms with Gasteiger partial charge >= 0.3 is 5.97 Å². The lowest BCUT2D eigenvalue weighted by atomic mass is 10.00. The standard InChI is InChI=1S/C18H31N5O5/c1-21-13(5-6-16(25)26)18(28)23(12-15(21)24)14(4-2-3-7-19)17(27)22-10-8-20-9-11-22/h13-14,20H,2-12,19H2,1H3,(H,25,26)/t13-,14-/m0/s1. The maximum absolute atomic E-state index is 13.2. The summed E-state index contributed by atoms with van der Waals surface area (Å²) in [6.07, 6.45) is 1.65. The molecule has 10 heteroatoms. The van der Waals surface area contributed by atoms with Crippen LogP contribution in [0.25, 0.3) is 0 Å². The Hall–Kier alpha value is -2.20. The summed E-state index contributed by atoms with van der Waals surface area (Å²) in [5.74, 6) is -1.82. The molecule has 0 unspecified atom stereocenters. The number of nitrogens with one attached hydrogen (secondary N) is 1. The normalized spacial score (nSPS) is 21.8. The molecule has 0 aromatic carbocycles. The summed E-state index contributed by atoms with van der Waals surface area (Å²) >= 11 is 0. The van der Waals surface area contributed by atoms with Crippen LogP contribution in [0.15, 0.2) is 0 Å². The van der Waals surface area contributed by atoms with Crippen molar-refractivity contribution in [2.45, 2.75) is 44.2 Å². The summed E-state index contributed by atoms with van der Waals surface area (Å²) in [7, 11) is 1.51. The maximum Gasteiger partial charge on any atom is 0.303 e. The molecule has 0 aromatic rings. The SMILES string of the molecule is CN1C(=O)CN([C@@H](CCCCN)C(=O)N2CCNCC2)C(=O)[C@@H]1CCC(=O)O. The molecule has 0 spiro atoms. The molecule has 2 aliphatic heterocycles. The lowest BCUT2D eigenvalue weighted by Gasteiger charge is -2.43. The third kappa shape index (κ3) is 5.41.